The van der Waals surface area contributed by atoms with Gasteiger partial charge in [0.1, 0.15) is 0 Å². The smallest absolute Gasteiger partial charge is 0.00672 e. The quantitative estimate of drug-likeness (QED) is 0.701. The maximum absolute atomic E-state index is 3.52. The van der Waals surface area contributed by atoms with E-state index in [1.165, 1.54) is 38.9 Å². The van der Waals surface area contributed by atoms with Gasteiger partial charge in [0, 0.05) is 19.1 Å². The lowest BCUT2D eigenvalue weighted by atomic mass is 9.94. The van der Waals surface area contributed by atoms with E-state index in [1.807, 2.05) is 0 Å². The fourth-order valence-electron chi connectivity index (χ4n) is 2.62. The van der Waals surface area contributed by atoms with Gasteiger partial charge in [-0.15, -0.1) is 0 Å². The van der Waals surface area contributed by atoms with E-state index < -0.39 is 0 Å². The van der Waals surface area contributed by atoms with Gasteiger partial charge in [-0.1, -0.05) is 20.8 Å². The molecular weight excluding hydrogens is 196 g/mol. The van der Waals surface area contributed by atoms with Crippen molar-refractivity contribution in [1.29, 1.82) is 0 Å². The first-order valence-electron chi connectivity index (χ1n) is 7.08. The number of likely N-dealkylation sites (tertiary alicyclic amines) is 1. The summed E-state index contributed by atoms with van der Waals surface area (Å²) in [6.07, 6.45) is 4.04. The van der Waals surface area contributed by atoms with Crippen LogP contribution in [0.3, 0.4) is 0 Å². The molecule has 0 aliphatic carbocycles. The Morgan fingerprint density at radius 2 is 2.06 bits per heavy atom. The standard InChI is InChI=1S/C14H30N2/c1-5-8-15-9-13(3)11-16-10-12(2)6-7-14(16)4/h12-15H,5-11H2,1-4H3. The lowest BCUT2D eigenvalue weighted by Crippen LogP contribution is -2.44. The third kappa shape index (κ3) is 4.84. The zero-order valence-electron chi connectivity index (χ0n) is 11.6. The van der Waals surface area contributed by atoms with Crippen molar-refractivity contribution in [2.75, 3.05) is 26.2 Å². The second kappa shape index (κ2) is 7.29. The summed E-state index contributed by atoms with van der Waals surface area (Å²) in [5.41, 5.74) is 0. The molecule has 1 aliphatic rings. The Morgan fingerprint density at radius 1 is 1.31 bits per heavy atom. The molecule has 2 heteroatoms. The van der Waals surface area contributed by atoms with Gasteiger partial charge in [-0.05, 0) is 51.1 Å². The Morgan fingerprint density at radius 3 is 2.75 bits per heavy atom. The number of piperidine rings is 1. The molecule has 0 radical (unpaired) electrons. The van der Waals surface area contributed by atoms with Gasteiger partial charge in [0.25, 0.3) is 0 Å². The number of hydrogen-bond acceptors (Lipinski definition) is 2. The Balaban J connectivity index is 2.23. The van der Waals surface area contributed by atoms with Gasteiger partial charge in [-0.3, -0.25) is 0 Å². The van der Waals surface area contributed by atoms with Gasteiger partial charge in [0.2, 0.25) is 0 Å². The minimum atomic E-state index is 0.777. The highest BCUT2D eigenvalue weighted by atomic mass is 15.2. The summed E-state index contributed by atoms with van der Waals surface area (Å²) in [6.45, 7) is 14.3. The van der Waals surface area contributed by atoms with Crippen molar-refractivity contribution in [3.8, 4) is 0 Å². The zero-order valence-corrected chi connectivity index (χ0v) is 11.6. The molecule has 16 heavy (non-hydrogen) atoms. The van der Waals surface area contributed by atoms with Gasteiger partial charge in [-0.2, -0.15) is 0 Å². The molecular formula is C14H30N2. The summed E-state index contributed by atoms with van der Waals surface area (Å²) in [6, 6.07) is 0.796. The average Bonchev–Trinajstić information content (AvgIpc) is 2.24. The highest BCUT2D eigenvalue weighted by Crippen LogP contribution is 2.21. The van der Waals surface area contributed by atoms with Gasteiger partial charge >= 0.3 is 0 Å². The van der Waals surface area contributed by atoms with E-state index in [0.717, 1.165) is 24.4 Å². The van der Waals surface area contributed by atoms with Crippen LogP contribution in [-0.4, -0.2) is 37.1 Å². The Bertz CT molecular complexity index is 182. The SMILES string of the molecule is CCCNCC(C)CN1CC(C)CCC1C. The summed E-state index contributed by atoms with van der Waals surface area (Å²) in [5, 5.41) is 3.52. The first kappa shape index (κ1) is 14.0. The van der Waals surface area contributed by atoms with Gasteiger partial charge in [0.15, 0.2) is 0 Å². The van der Waals surface area contributed by atoms with E-state index >= 15 is 0 Å². The van der Waals surface area contributed by atoms with Gasteiger partial charge in [-0.25, -0.2) is 0 Å². The molecule has 1 saturated heterocycles. The number of rotatable bonds is 6. The molecule has 0 spiro atoms. The first-order chi connectivity index (χ1) is 7.63. The van der Waals surface area contributed by atoms with Crippen molar-refractivity contribution < 1.29 is 0 Å². The van der Waals surface area contributed by atoms with Gasteiger partial charge < -0.3 is 10.2 Å². The molecule has 1 aliphatic heterocycles. The summed E-state index contributed by atoms with van der Waals surface area (Å²) < 4.78 is 0. The second-order valence-electron chi connectivity index (χ2n) is 5.79. The summed E-state index contributed by atoms with van der Waals surface area (Å²) in [4.78, 5) is 2.69. The van der Waals surface area contributed by atoms with E-state index in [0.29, 0.717) is 0 Å². The molecule has 0 aromatic carbocycles. The fraction of sp³-hybridized carbons (Fsp3) is 1.00. The van der Waals surface area contributed by atoms with Crippen molar-refractivity contribution >= 4 is 0 Å². The highest BCUT2D eigenvalue weighted by molar-refractivity contribution is 4.78. The Labute approximate surface area is 102 Å². The van der Waals surface area contributed by atoms with Crippen LogP contribution in [0.25, 0.3) is 0 Å². The third-order valence-electron chi connectivity index (χ3n) is 3.71. The van der Waals surface area contributed by atoms with E-state index in [-0.39, 0.29) is 0 Å². The fourth-order valence-corrected chi connectivity index (χ4v) is 2.62. The van der Waals surface area contributed by atoms with Crippen molar-refractivity contribution in [3.05, 3.63) is 0 Å². The topological polar surface area (TPSA) is 15.3 Å². The highest BCUT2D eigenvalue weighted by Gasteiger charge is 2.23. The molecule has 0 saturated carbocycles. The van der Waals surface area contributed by atoms with Crippen LogP contribution in [0.2, 0.25) is 0 Å². The van der Waals surface area contributed by atoms with Crippen LogP contribution in [0.15, 0.2) is 0 Å². The molecule has 0 amide bonds. The van der Waals surface area contributed by atoms with E-state index in [9.17, 15) is 0 Å². The van der Waals surface area contributed by atoms with Crippen LogP contribution in [0.1, 0.15) is 47.0 Å². The second-order valence-corrected chi connectivity index (χ2v) is 5.79. The summed E-state index contributed by atoms with van der Waals surface area (Å²) in [7, 11) is 0. The average molecular weight is 226 g/mol. The predicted molar refractivity (Wildman–Crippen MR) is 71.8 cm³/mol. The maximum Gasteiger partial charge on any atom is 0.00672 e. The monoisotopic (exact) mass is 226 g/mol. The van der Waals surface area contributed by atoms with Crippen molar-refractivity contribution in [2.24, 2.45) is 11.8 Å². The molecule has 3 atom stereocenters. The molecule has 2 nitrogen and oxygen atoms in total. The predicted octanol–water partition coefficient (Wildman–Crippen LogP) is 2.74. The van der Waals surface area contributed by atoms with Crippen LogP contribution in [-0.2, 0) is 0 Å². The number of nitrogens with one attached hydrogen (secondary N) is 1. The first-order valence-corrected chi connectivity index (χ1v) is 7.08. The van der Waals surface area contributed by atoms with Crippen molar-refractivity contribution in [1.82, 2.24) is 10.2 Å². The van der Waals surface area contributed by atoms with E-state index in [1.54, 1.807) is 0 Å². The molecule has 1 N–H and O–H groups in total. The summed E-state index contributed by atoms with van der Waals surface area (Å²) in [5.74, 6) is 1.67. The third-order valence-corrected chi connectivity index (χ3v) is 3.71. The zero-order chi connectivity index (χ0) is 12.0. The van der Waals surface area contributed by atoms with Crippen LogP contribution in [0.4, 0.5) is 0 Å². The van der Waals surface area contributed by atoms with Crippen molar-refractivity contribution in [2.45, 2.75) is 53.0 Å². The Kier molecular flexibility index (Phi) is 6.37. The Hall–Kier alpha value is -0.0800. The van der Waals surface area contributed by atoms with Crippen LogP contribution in [0.5, 0.6) is 0 Å². The normalized spacial score (nSPS) is 29.2. The van der Waals surface area contributed by atoms with E-state index in [4.69, 9.17) is 0 Å². The lowest BCUT2D eigenvalue weighted by molar-refractivity contribution is 0.108. The van der Waals surface area contributed by atoms with Crippen molar-refractivity contribution in [3.63, 3.8) is 0 Å². The molecule has 3 unspecified atom stereocenters. The van der Waals surface area contributed by atoms with Crippen LogP contribution >= 0.6 is 0 Å². The minimum absolute atomic E-state index is 0.777. The molecule has 1 heterocycles. The molecule has 0 aromatic rings. The number of hydrogen-bond donors (Lipinski definition) is 1. The molecule has 1 fully saturated rings. The molecule has 0 aromatic heterocycles. The minimum Gasteiger partial charge on any atom is -0.316 e. The molecule has 0 bridgehead atoms. The molecule has 96 valence electrons. The molecule has 1 rings (SSSR count). The lowest BCUT2D eigenvalue weighted by Gasteiger charge is -2.38. The summed E-state index contributed by atoms with van der Waals surface area (Å²) >= 11 is 0. The maximum atomic E-state index is 3.52. The number of nitrogens with zero attached hydrogens (tertiary/aromatic N) is 1. The van der Waals surface area contributed by atoms with E-state index in [2.05, 4.69) is 37.9 Å². The van der Waals surface area contributed by atoms with Crippen LogP contribution in [0, 0.1) is 11.8 Å². The largest absolute Gasteiger partial charge is 0.316 e. The van der Waals surface area contributed by atoms with Gasteiger partial charge in [0.05, 0.1) is 0 Å². The van der Waals surface area contributed by atoms with Crippen LogP contribution < -0.4 is 5.32 Å².